The van der Waals surface area contributed by atoms with Gasteiger partial charge in [-0.05, 0) is 60.2 Å². The molecule has 114 valence electrons. The zero-order valence-electron chi connectivity index (χ0n) is 13.1. The highest BCUT2D eigenvalue weighted by Gasteiger charge is 2.14. The van der Waals surface area contributed by atoms with Crippen LogP contribution < -0.4 is 14.2 Å². The van der Waals surface area contributed by atoms with Crippen molar-refractivity contribution >= 4 is 22.6 Å². The van der Waals surface area contributed by atoms with Crippen LogP contribution in [0, 0.1) is 17.4 Å². The number of methoxy groups -OCH3 is 3. The van der Waals surface area contributed by atoms with Gasteiger partial charge in [-0.1, -0.05) is 18.2 Å². The van der Waals surface area contributed by atoms with Crippen LogP contribution in [-0.4, -0.2) is 21.3 Å². The number of aryl methyl sites for hydroxylation is 1. The van der Waals surface area contributed by atoms with Crippen LogP contribution in [-0.2, 0) is 0 Å². The lowest BCUT2D eigenvalue weighted by Gasteiger charge is -2.15. The van der Waals surface area contributed by atoms with Gasteiger partial charge in [0.15, 0.2) is 11.5 Å². The Bertz CT molecular complexity index is 568. The fourth-order valence-corrected chi connectivity index (χ4v) is 2.37. The molecule has 0 aliphatic heterocycles. The van der Waals surface area contributed by atoms with E-state index in [1.807, 2.05) is 38.1 Å². The minimum atomic E-state index is 0.740. The lowest BCUT2D eigenvalue weighted by molar-refractivity contribution is 0.343. The Morgan fingerprint density at radius 2 is 1.38 bits per heavy atom. The third-order valence-corrected chi connectivity index (χ3v) is 3.70. The highest BCUT2D eigenvalue weighted by molar-refractivity contribution is 14.1. The van der Waals surface area contributed by atoms with Crippen LogP contribution >= 0.6 is 22.6 Å². The van der Waals surface area contributed by atoms with Crippen LogP contribution in [0.15, 0.2) is 36.4 Å². The predicted molar refractivity (Wildman–Crippen MR) is 94.7 cm³/mol. The molecule has 0 saturated heterocycles. The normalized spacial score (nSPS) is 9.43. The second kappa shape index (κ2) is 8.77. The van der Waals surface area contributed by atoms with E-state index in [9.17, 15) is 0 Å². The molecule has 4 heteroatoms. The zero-order chi connectivity index (χ0) is 15.8. The summed E-state index contributed by atoms with van der Waals surface area (Å²) in [5.41, 5.74) is 1.96. The van der Waals surface area contributed by atoms with Gasteiger partial charge < -0.3 is 14.2 Å². The molecule has 0 fully saturated rings. The Labute approximate surface area is 140 Å². The first kappa shape index (κ1) is 17.6. The molecule has 0 aliphatic rings. The fraction of sp³-hybridized carbons (Fsp3) is 0.294. The molecule has 0 amide bonds. The third kappa shape index (κ3) is 4.81. The fourth-order valence-electron chi connectivity index (χ4n) is 1.96. The summed E-state index contributed by atoms with van der Waals surface area (Å²) >= 11 is 2.28. The van der Waals surface area contributed by atoms with Crippen molar-refractivity contribution in [2.45, 2.75) is 13.8 Å². The van der Waals surface area contributed by atoms with E-state index in [2.05, 4.69) is 34.7 Å². The Balaban J connectivity index is 0.000000262. The van der Waals surface area contributed by atoms with E-state index in [4.69, 9.17) is 14.2 Å². The van der Waals surface area contributed by atoms with Crippen LogP contribution in [0.3, 0.4) is 0 Å². The van der Waals surface area contributed by atoms with Gasteiger partial charge >= 0.3 is 0 Å². The maximum Gasteiger partial charge on any atom is 0.167 e. The maximum absolute atomic E-state index is 5.29. The first-order valence-electron chi connectivity index (χ1n) is 6.51. The van der Waals surface area contributed by atoms with Gasteiger partial charge in [-0.3, -0.25) is 0 Å². The van der Waals surface area contributed by atoms with E-state index in [1.54, 1.807) is 21.3 Å². The largest absolute Gasteiger partial charge is 0.496 e. The quantitative estimate of drug-likeness (QED) is 0.704. The molecule has 0 unspecified atom stereocenters. The Morgan fingerprint density at radius 1 is 0.810 bits per heavy atom. The molecule has 0 spiro atoms. The number of benzene rings is 2. The van der Waals surface area contributed by atoms with Crippen molar-refractivity contribution in [3.05, 3.63) is 51.1 Å². The van der Waals surface area contributed by atoms with Gasteiger partial charge in [0.25, 0.3) is 0 Å². The minimum absolute atomic E-state index is 0.740. The van der Waals surface area contributed by atoms with E-state index in [0.717, 1.165) is 28.4 Å². The van der Waals surface area contributed by atoms with Crippen molar-refractivity contribution in [3.63, 3.8) is 0 Å². The van der Waals surface area contributed by atoms with Crippen LogP contribution in [0.4, 0.5) is 0 Å². The summed E-state index contributed by atoms with van der Waals surface area (Å²) in [6.45, 7) is 3.91. The summed E-state index contributed by atoms with van der Waals surface area (Å²) in [7, 11) is 4.91. The smallest absolute Gasteiger partial charge is 0.167 e. The molecular formula is C17H21IO3. The predicted octanol–water partition coefficient (Wildman–Crippen LogP) is 4.62. The summed E-state index contributed by atoms with van der Waals surface area (Å²) in [6, 6.07) is 12.2. The summed E-state index contributed by atoms with van der Waals surface area (Å²) in [5.74, 6) is 2.33. The van der Waals surface area contributed by atoms with Crippen molar-refractivity contribution in [2.24, 2.45) is 0 Å². The number of halogens is 1. The van der Waals surface area contributed by atoms with Crippen LogP contribution in [0.5, 0.6) is 17.2 Å². The molecule has 0 N–H and O–H groups in total. The summed E-state index contributed by atoms with van der Waals surface area (Å²) in [5, 5.41) is 0. The number of hydrogen-bond acceptors (Lipinski definition) is 3. The Kier molecular flexibility index (Phi) is 7.36. The van der Waals surface area contributed by atoms with E-state index < -0.39 is 0 Å². The second-order valence-electron chi connectivity index (χ2n) is 4.38. The minimum Gasteiger partial charge on any atom is -0.496 e. The molecule has 21 heavy (non-hydrogen) atoms. The SMILES string of the molecule is COc1cc(C)c(OC)c(OC)c1C.Ic1ccccc1. The van der Waals surface area contributed by atoms with Crippen molar-refractivity contribution in [2.75, 3.05) is 21.3 Å². The molecule has 0 aliphatic carbocycles. The van der Waals surface area contributed by atoms with E-state index in [0.29, 0.717) is 0 Å². The van der Waals surface area contributed by atoms with Crippen LogP contribution in [0.1, 0.15) is 11.1 Å². The molecule has 0 radical (unpaired) electrons. The molecule has 0 heterocycles. The van der Waals surface area contributed by atoms with Crippen molar-refractivity contribution in [1.29, 1.82) is 0 Å². The first-order valence-corrected chi connectivity index (χ1v) is 7.59. The molecule has 2 aromatic carbocycles. The Hall–Kier alpha value is -1.43. The maximum atomic E-state index is 5.29. The van der Waals surface area contributed by atoms with Gasteiger partial charge in [0.05, 0.1) is 21.3 Å². The highest BCUT2D eigenvalue weighted by atomic mass is 127. The van der Waals surface area contributed by atoms with Gasteiger partial charge in [-0.25, -0.2) is 0 Å². The molecule has 2 rings (SSSR count). The molecule has 2 aromatic rings. The van der Waals surface area contributed by atoms with Gasteiger partial charge in [0.1, 0.15) is 5.75 Å². The lowest BCUT2D eigenvalue weighted by atomic mass is 10.1. The lowest BCUT2D eigenvalue weighted by Crippen LogP contribution is -1.98. The third-order valence-electron chi connectivity index (χ3n) is 2.98. The average Bonchev–Trinajstić information content (AvgIpc) is 2.50. The second-order valence-corrected chi connectivity index (χ2v) is 5.63. The van der Waals surface area contributed by atoms with Gasteiger partial charge in [-0.2, -0.15) is 0 Å². The first-order chi connectivity index (χ1) is 10.0. The molecule has 0 aromatic heterocycles. The highest BCUT2D eigenvalue weighted by Crippen LogP contribution is 2.39. The number of rotatable bonds is 3. The molecule has 0 saturated carbocycles. The van der Waals surface area contributed by atoms with Crippen molar-refractivity contribution < 1.29 is 14.2 Å². The summed E-state index contributed by atoms with van der Waals surface area (Å²) in [6.07, 6.45) is 0. The molecular weight excluding hydrogens is 379 g/mol. The van der Waals surface area contributed by atoms with Crippen molar-refractivity contribution in [1.82, 2.24) is 0 Å². The van der Waals surface area contributed by atoms with Gasteiger partial charge in [0.2, 0.25) is 0 Å². The average molecular weight is 400 g/mol. The standard InChI is InChI=1S/C11H16O3.C6H5I/c1-7-6-9(12-3)8(2)11(14-5)10(7)13-4;7-6-4-2-1-3-5-6/h6H,1-5H3;1-5H. The van der Waals surface area contributed by atoms with Crippen LogP contribution in [0.25, 0.3) is 0 Å². The summed E-state index contributed by atoms with van der Waals surface area (Å²) < 4.78 is 17.1. The number of hydrogen-bond donors (Lipinski definition) is 0. The number of ether oxygens (including phenoxy) is 3. The monoisotopic (exact) mass is 400 g/mol. The zero-order valence-corrected chi connectivity index (χ0v) is 15.2. The van der Waals surface area contributed by atoms with E-state index in [1.165, 1.54) is 3.57 Å². The molecule has 3 nitrogen and oxygen atoms in total. The van der Waals surface area contributed by atoms with Gasteiger partial charge in [0, 0.05) is 9.13 Å². The van der Waals surface area contributed by atoms with Crippen LogP contribution in [0.2, 0.25) is 0 Å². The Morgan fingerprint density at radius 3 is 1.76 bits per heavy atom. The topological polar surface area (TPSA) is 27.7 Å². The summed E-state index contributed by atoms with van der Waals surface area (Å²) in [4.78, 5) is 0. The van der Waals surface area contributed by atoms with E-state index in [-0.39, 0.29) is 0 Å². The van der Waals surface area contributed by atoms with Gasteiger partial charge in [-0.15, -0.1) is 0 Å². The molecule has 0 atom stereocenters. The molecule has 0 bridgehead atoms. The van der Waals surface area contributed by atoms with Crippen molar-refractivity contribution in [3.8, 4) is 17.2 Å². The van der Waals surface area contributed by atoms with E-state index >= 15 is 0 Å².